The summed E-state index contributed by atoms with van der Waals surface area (Å²) in [5, 5.41) is 3.93. The van der Waals surface area contributed by atoms with E-state index in [0.29, 0.717) is 0 Å². The van der Waals surface area contributed by atoms with E-state index in [4.69, 9.17) is 0 Å². The van der Waals surface area contributed by atoms with Gasteiger partial charge in [0, 0.05) is 33.0 Å². The quantitative estimate of drug-likeness (QED) is 0.274. The molecule has 1 aliphatic rings. The fraction of sp³-hybridized carbons (Fsp3) is 0.103. The number of benzene rings is 4. The fourth-order valence-electron chi connectivity index (χ4n) is 5.56. The zero-order valence-corrected chi connectivity index (χ0v) is 17.6. The van der Waals surface area contributed by atoms with Gasteiger partial charge >= 0.3 is 0 Å². The molecule has 0 spiro atoms. The Kier molecular flexibility index (Phi) is 3.10. The SMILES string of the molecule is CC1(C)c2cc3c4ccccc4n(-c4ccccc4)c3cc2-n2c1cc1ccccc12. The van der Waals surface area contributed by atoms with Crippen molar-refractivity contribution < 1.29 is 0 Å². The van der Waals surface area contributed by atoms with E-state index in [9.17, 15) is 0 Å². The second-order valence-electron chi connectivity index (χ2n) is 9.12. The van der Waals surface area contributed by atoms with Crippen molar-refractivity contribution in [3.05, 3.63) is 108 Å². The first-order valence-corrected chi connectivity index (χ1v) is 10.9. The molecule has 0 atom stereocenters. The Labute approximate surface area is 181 Å². The number of aromatic nitrogens is 2. The molecule has 0 bridgehead atoms. The highest BCUT2D eigenvalue weighted by molar-refractivity contribution is 6.10. The van der Waals surface area contributed by atoms with Gasteiger partial charge in [-0.3, -0.25) is 0 Å². The molecule has 3 heterocycles. The lowest BCUT2D eigenvalue weighted by atomic mass is 9.82. The van der Waals surface area contributed by atoms with Gasteiger partial charge < -0.3 is 9.13 Å². The molecule has 2 aromatic heterocycles. The van der Waals surface area contributed by atoms with Crippen molar-refractivity contribution in [2.75, 3.05) is 0 Å². The normalized spacial score (nSPS) is 14.4. The Morgan fingerprint density at radius 3 is 2.13 bits per heavy atom. The maximum Gasteiger partial charge on any atom is 0.0562 e. The van der Waals surface area contributed by atoms with Gasteiger partial charge in [-0.15, -0.1) is 0 Å². The van der Waals surface area contributed by atoms with E-state index < -0.39 is 0 Å². The first-order valence-electron chi connectivity index (χ1n) is 10.9. The standard InChI is InChI=1S/C29H22N2/c1-29(2)23-17-22-21-13-7-9-15-25(21)30(20-11-4-3-5-12-20)26(22)18-27(23)31-24-14-8-6-10-19(24)16-28(29)31/h3-18H,1-2H3. The van der Waals surface area contributed by atoms with Gasteiger partial charge in [-0.25, -0.2) is 0 Å². The first-order chi connectivity index (χ1) is 15.1. The lowest BCUT2D eigenvalue weighted by Crippen LogP contribution is -2.15. The maximum absolute atomic E-state index is 2.47. The highest BCUT2D eigenvalue weighted by Crippen LogP contribution is 2.48. The zero-order valence-electron chi connectivity index (χ0n) is 17.6. The van der Waals surface area contributed by atoms with Crippen LogP contribution in [0.15, 0.2) is 97.1 Å². The largest absolute Gasteiger partial charge is 0.312 e. The van der Waals surface area contributed by atoms with Gasteiger partial charge in [0.2, 0.25) is 0 Å². The van der Waals surface area contributed by atoms with Crippen molar-refractivity contribution in [3.8, 4) is 11.4 Å². The molecule has 1 aliphatic heterocycles. The molecule has 6 aromatic rings. The Morgan fingerprint density at radius 1 is 0.581 bits per heavy atom. The number of para-hydroxylation sites is 3. The summed E-state index contributed by atoms with van der Waals surface area (Å²) in [6.07, 6.45) is 0. The van der Waals surface area contributed by atoms with Gasteiger partial charge in [0.25, 0.3) is 0 Å². The fourth-order valence-corrected chi connectivity index (χ4v) is 5.56. The molecule has 0 N–H and O–H groups in total. The van der Waals surface area contributed by atoms with Crippen molar-refractivity contribution in [2.24, 2.45) is 0 Å². The Morgan fingerprint density at radius 2 is 1.29 bits per heavy atom. The summed E-state index contributed by atoms with van der Waals surface area (Å²) in [5.41, 5.74) is 9.01. The van der Waals surface area contributed by atoms with Crippen molar-refractivity contribution >= 4 is 32.7 Å². The second kappa shape index (κ2) is 5.67. The van der Waals surface area contributed by atoms with E-state index >= 15 is 0 Å². The van der Waals surface area contributed by atoms with Gasteiger partial charge in [0.05, 0.1) is 22.2 Å². The van der Waals surface area contributed by atoms with Gasteiger partial charge in [0.1, 0.15) is 0 Å². The summed E-state index contributed by atoms with van der Waals surface area (Å²) in [6, 6.07) is 35.4. The van der Waals surface area contributed by atoms with Crippen LogP contribution in [0.1, 0.15) is 25.1 Å². The van der Waals surface area contributed by atoms with Crippen LogP contribution in [0, 0.1) is 0 Å². The average Bonchev–Trinajstić information content (AvgIpc) is 3.41. The van der Waals surface area contributed by atoms with Crippen LogP contribution in [-0.2, 0) is 5.41 Å². The highest BCUT2D eigenvalue weighted by Gasteiger charge is 2.38. The van der Waals surface area contributed by atoms with E-state index in [1.807, 2.05) is 0 Å². The van der Waals surface area contributed by atoms with Gasteiger partial charge in [-0.1, -0.05) is 68.4 Å². The molecular weight excluding hydrogens is 376 g/mol. The minimum Gasteiger partial charge on any atom is -0.312 e. The van der Waals surface area contributed by atoms with Crippen LogP contribution in [0.4, 0.5) is 0 Å². The molecule has 0 radical (unpaired) electrons. The van der Waals surface area contributed by atoms with Crippen LogP contribution in [0.25, 0.3) is 44.1 Å². The molecule has 7 rings (SSSR count). The van der Waals surface area contributed by atoms with E-state index in [-0.39, 0.29) is 5.41 Å². The Bertz CT molecular complexity index is 1650. The van der Waals surface area contributed by atoms with E-state index in [0.717, 1.165) is 0 Å². The van der Waals surface area contributed by atoms with Crippen LogP contribution in [0.3, 0.4) is 0 Å². The summed E-state index contributed by atoms with van der Waals surface area (Å²) in [5.74, 6) is 0. The molecule has 2 heteroatoms. The molecule has 0 fully saturated rings. The molecule has 0 saturated carbocycles. The summed E-state index contributed by atoms with van der Waals surface area (Å²) in [6.45, 7) is 4.71. The third-order valence-corrected chi connectivity index (χ3v) is 7.07. The van der Waals surface area contributed by atoms with Crippen LogP contribution in [0.5, 0.6) is 0 Å². The number of nitrogens with zero attached hydrogens (tertiary/aromatic N) is 2. The lowest BCUT2D eigenvalue weighted by Gasteiger charge is -2.19. The summed E-state index contributed by atoms with van der Waals surface area (Å²) < 4.78 is 4.87. The van der Waals surface area contributed by atoms with E-state index in [1.54, 1.807) is 0 Å². The average molecular weight is 399 g/mol. The third kappa shape index (κ3) is 2.07. The van der Waals surface area contributed by atoms with Crippen LogP contribution in [-0.4, -0.2) is 9.13 Å². The van der Waals surface area contributed by atoms with Crippen molar-refractivity contribution in [1.29, 1.82) is 0 Å². The molecule has 0 aliphatic carbocycles. The Balaban J connectivity index is 1.67. The minimum absolute atomic E-state index is 0.0432. The first kappa shape index (κ1) is 17.0. The zero-order chi connectivity index (χ0) is 20.7. The summed E-state index contributed by atoms with van der Waals surface area (Å²) in [4.78, 5) is 0. The summed E-state index contributed by atoms with van der Waals surface area (Å²) >= 11 is 0. The van der Waals surface area contributed by atoms with Crippen LogP contribution < -0.4 is 0 Å². The number of hydrogen-bond donors (Lipinski definition) is 0. The molecule has 2 nitrogen and oxygen atoms in total. The number of hydrogen-bond acceptors (Lipinski definition) is 0. The summed E-state index contributed by atoms with van der Waals surface area (Å²) in [7, 11) is 0. The smallest absolute Gasteiger partial charge is 0.0562 e. The van der Waals surface area contributed by atoms with Gasteiger partial charge in [-0.2, -0.15) is 0 Å². The predicted molar refractivity (Wildman–Crippen MR) is 130 cm³/mol. The van der Waals surface area contributed by atoms with Gasteiger partial charge in [-0.05, 0) is 48.0 Å². The van der Waals surface area contributed by atoms with E-state index in [1.165, 1.54) is 55.3 Å². The second-order valence-corrected chi connectivity index (χ2v) is 9.12. The topological polar surface area (TPSA) is 9.86 Å². The molecule has 4 aromatic carbocycles. The molecule has 31 heavy (non-hydrogen) atoms. The van der Waals surface area contributed by atoms with Crippen LogP contribution >= 0.6 is 0 Å². The minimum atomic E-state index is -0.0432. The van der Waals surface area contributed by atoms with Crippen molar-refractivity contribution in [3.63, 3.8) is 0 Å². The van der Waals surface area contributed by atoms with Crippen LogP contribution in [0.2, 0.25) is 0 Å². The van der Waals surface area contributed by atoms with Crippen molar-refractivity contribution in [1.82, 2.24) is 9.13 Å². The highest BCUT2D eigenvalue weighted by atomic mass is 15.0. The molecule has 148 valence electrons. The number of fused-ring (bicyclic) bond motifs is 8. The molecule has 0 saturated heterocycles. The maximum atomic E-state index is 2.47. The number of rotatable bonds is 1. The Hall–Kier alpha value is -3.78. The molecule has 0 amide bonds. The molecule has 0 unspecified atom stereocenters. The van der Waals surface area contributed by atoms with Crippen molar-refractivity contribution in [2.45, 2.75) is 19.3 Å². The predicted octanol–water partition coefficient (Wildman–Crippen LogP) is 7.37. The van der Waals surface area contributed by atoms with Gasteiger partial charge in [0.15, 0.2) is 0 Å². The molecular formula is C29H22N2. The lowest BCUT2D eigenvalue weighted by molar-refractivity contribution is 0.645. The monoisotopic (exact) mass is 398 g/mol. The third-order valence-electron chi connectivity index (χ3n) is 7.07. The van der Waals surface area contributed by atoms with E-state index in [2.05, 4.69) is 120 Å².